The molecule has 0 radical (unpaired) electrons. The van der Waals surface area contributed by atoms with E-state index in [2.05, 4.69) is 12.2 Å². The van der Waals surface area contributed by atoms with Crippen molar-refractivity contribution in [3.05, 3.63) is 0 Å². The average molecular weight is 130 g/mol. The van der Waals surface area contributed by atoms with Gasteiger partial charge >= 0.3 is 0 Å². The van der Waals surface area contributed by atoms with Gasteiger partial charge in [-0.2, -0.15) is 0 Å². The van der Waals surface area contributed by atoms with E-state index in [-0.39, 0.29) is 5.72 Å². The molecular formula is C6H14N2O. The molecule has 0 bridgehead atoms. The minimum atomic E-state index is -0.0243. The van der Waals surface area contributed by atoms with E-state index in [0.717, 1.165) is 19.6 Å². The topological polar surface area (TPSA) is 50.6 Å². The smallest absolute Gasteiger partial charge is 0.144 e. The van der Waals surface area contributed by atoms with Gasteiger partial charge in [0, 0.05) is 6.42 Å². The first kappa shape index (κ1) is 6.99. The van der Waals surface area contributed by atoms with Gasteiger partial charge in [0.25, 0.3) is 0 Å². The van der Waals surface area contributed by atoms with Crippen molar-refractivity contribution in [1.82, 2.24) is 5.32 Å². The summed E-state index contributed by atoms with van der Waals surface area (Å²) in [7, 11) is 0. The van der Waals surface area contributed by atoms with Crippen LogP contribution in [-0.4, -0.2) is 25.4 Å². The standard InChI is InChI=1S/C6H14N2O/c1-2-8-6(3-4-7)5-9-6/h8H,2-5,7H2,1H3. The lowest BCUT2D eigenvalue weighted by Gasteiger charge is -2.09. The summed E-state index contributed by atoms with van der Waals surface area (Å²) >= 11 is 0. The Morgan fingerprint density at radius 3 is 2.78 bits per heavy atom. The zero-order valence-corrected chi connectivity index (χ0v) is 5.81. The Hall–Kier alpha value is -0.120. The summed E-state index contributed by atoms with van der Waals surface area (Å²) in [6.45, 7) is 4.56. The van der Waals surface area contributed by atoms with Crippen LogP contribution in [0.4, 0.5) is 0 Å². The van der Waals surface area contributed by atoms with Gasteiger partial charge in [0.2, 0.25) is 0 Å². The number of epoxide rings is 1. The van der Waals surface area contributed by atoms with Gasteiger partial charge < -0.3 is 10.5 Å². The highest BCUT2D eigenvalue weighted by Gasteiger charge is 2.42. The molecule has 1 saturated heterocycles. The van der Waals surface area contributed by atoms with Crippen LogP contribution in [0.1, 0.15) is 13.3 Å². The normalized spacial score (nSPS) is 32.7. The van der Waals surface area contributed by atoms with Crippen molar-refractivity contribution in [3.8, 4) is 0 Å². The summed E-state index contributed by atoms with van der Waals surface area (Å²) < 4.78 is 5.19. The third-order valence-corrected chi connectivity index (χ3v) is 1.54. The summed E-state index contributed by atoms with van der Waals surface area (Å²) in [6.07, 6.45) is 0.931. The Morgan fingerprint density at radius 2 is 2.44 bits per heavy atom. The Morgan fingerprint density at radius 1 is 1.78 bits per heavy atom. The van der Waals surface area contributed by atoms with Crippen LogP contribution in [0.5, 0.6) is 0 Å². The van der Waals surface area contributed by atoms with Crippen molar-refractivity contribution in [2.45, 2.75) is 19.1 Å². The fourth-order valence-electron chi connectivity index (χ4n) is 0.977. The summed E-state index contributed by atoms with van der Waals surface area (Å²) in [5.74, 6) is 0. The van der Waals surface area contributed by atoms with E-state index in [1.165, 1.54) is 0 Å². The molecule has 0 aliphatic carbocycles. The summed E-state index contributed by atoms with van der Waals surface area (Å²) in [6, 6.07) is 0. The fourth-order valence-corrected chi connectivity index (χ4v) is 0.977. The van der Waals surface area contributed by atoms with Crippen LogP contribution in [0.15, 0.2) is 0 Å². The molecule has 3 nitrogen and oxygen atoms in total. The quantitative estimate of drug-likeness (QED) is 0.512. The molecule has 1 rings (SSSR count). The third-order valence-electron chi connectivity index (χ3n) is 1.54. The Bertz CT molecular complexity index is 83.1. The first-order valence-corrected chi connectivity index (χ1v) is 3.42. The van der Waals surface area contributed by atoms with E-state index >= 15 is 0 Å². The molecule has 0 aromatic rings. The van der Waals surface area contributed by atoms with Gasteiger partial charge in [-0.25, -0.2) is 0 Å². The summed E-state index contributed by atoms with van der Waals surface area (Å²) in [4.78, 5) is 0. The van der Waals surface area contributed by atoms with Gasteiger partial charge in [-0.1, -0.05) is 6.92 Å². The van der Waals surface area contributed by atoms with Gasteiger partial charge in [-0.3, -0.25) is 5.32 Å². The van der Waals surface area contributed by atoms with Crippen molar-refractivity contribution in [3.63, 3.8) is 0 Å². The van der Waals surface area contributed by atoms with Crippen LogP contribution in [0, 0.1) is 0 Å². The van der Waals surface area contributed by atoms with Gasteiger partial charge in [-0.05, 0) is 13.1 Å². The van der Waals surface area contributed by atoms with Gasteiger partial charge in [0.1, 0.15) is 5.72 Å². The number of nitrogens with one attached hydrogen (secondary N) is 1. The summed E-state index contributed by atoms with van der Waals surface area (Å²) in [5, 5.41) is 3.23. The second kappa shape index (κ2) is 2.64. The maximum absolute atomic E-state index is 5.36. The van der Waals surface area contributed by atoms with Gasteiger partial charge in [0.15, 0.2) is 0 Å². The fraction of sp³-hybridized carbons (Fsp3) is 1.00. The molecule has 3 heteroatoms. The molecule has 1 unspecified atom stereocenters. The molecule has 3 N–H and O–H groups in total. The zero-order valence-electron chi connectivity index (χ0n) is 5.81. The molecule has 0 aromatic carbocycles. The zero-order chi connectivity index (χ0) is 6.74. The number of nitrogens with two attached hydrogens (primary N) is 1. The molecule has 0 saturated carbocycles. The minimum Gasteiger partial charge on any atom is -0.354 e. The van der Waals surface area contributed by atoms with Crippen molar-refractivity contribution < 1.29 is 4.74 Å². The van der Waals surface area contributed by atoms with Crippen LogP contribution >= 0.6 is 0 Å². The molecule has 1 aliphatic rings. The molecule has 1 fully saturated rings. The van der Waals surface area contributed by atoms with Crippen LogP contribution in [0.25, 0.3) is 0 Å². The van der Waals surface area contributed by atoms with Crippen LogP contribution < -0.4 is 11.1 Å². The van der Waals surface area contributed by atoms with Crippen LogP contribution in [-0.2, 0) is 4.74 Å². The van der Waals surface area contributed by atoms with Crippen LogP contribution in [0.2, 0.25) is 0 Å². The number of hydrogen-bond donors (Lipinski definition) is 2. The van der Waals surface area contributed by atoms with Crippen molar-refractivity contribution in [2.75, 3.05) is 19.7 Å². The summed E-state index contributed by atoms with van der Waals surface area (Å²) in [5.41, 5.74) is 5.34. The van der Waals surface area contributed by atoms with E-state index in [1.54, 1.807) is 0 Å². The van der Waals surface area contributed by atoms with Crippen LogP contribution in [0.3, 0.4) is 0 Å². The average Bonchev–Trinajstić information content (AvgIpc) is 2.51. The molecule has 0 spiro atoms. The van der Waals surface area contributed by atoms with Gasteiger partial charge in [0.05, 0.1) is 6.61 Å². The lowest BCUT2D eigenvalue weighted by molar-refractivity contribution is 0.248. The Labute approximate surface area is 55.6 Å². The SMILES string of the molecule is CCNC1(CCN)CO1. The number of ether oxygens (including phenoxy) is 1. The minimum absolute atomic E-state index is 0.0243. The van der Waals surface area contributed by atoms with E-state index in [0.29, 0.717) is 6.54 Å². The lowest BCUT2D eigenvalue weighted by Crippen LogP contribution is -2.34. The molecular weight excluding hydrogens is 116 g/mol. The predicted molar refractivity (Wildman–Crippen MR) is 36.0 cm³/mol. The third kappa shape index (κ3) is 1.64. The molecule has 9 heavy (non-hydrogen) atoms. The highest BCUT2D eigenvalue weighted by Crippen LogP contribution is 2.26. The highest BCUT2D eigenvalue weighted by molar-refractivity contribution is 4.88. The Balaban J connectivity index is 2.17. The lowest BCUT2D eigenvalue weighted by atomic mass is 10.2. The molecule has 1 atom stereocenters. The first-order chi connectivity index (χ1) is 4.33. The first-order valence-electron chi connectivity index (χ1n) is 3.42. The molecule has 1 aliphatic heterocycles. The highest BCUT2D eigenvalue weighted by atomic mass is 16.6. The molecule has 54 valence electrons. The second-order valence-corrected chi connectivity index (χ2v) is 2.35. The molecule has 0 aromatic heterocycles. The Kier molecular flexibility index (Phi) is 2.05. The van der Waals surface area contributed by atoms with E-state index < -0.39 is 0 Å². The monoisotopic (exact) mass is 130 g/mol. The van der Waals surface area contributed by atoms with Crippen molar-refractivity contribution >= 4 is 0 Å². The molecule has 1 heterocycles. The van der Waals surface area contributed by atoms with E-state index in [1.807, 2.05) is 0 Å². The van der Waals surface area contributed by atoms with E-state index in [9.17, 15) is 0 Å². The predicted octanol–water partition coefficient (Wildman–Crippen LogP) is -0.329. The van der Waals surface area contributed by atoms with E-state index in [4.69, 9.17) is 10.5 Å². The number of rotatable bonds is 4. The van der Waals surface area contributed by atoms with Gasteiger partial charge in [-0.15, -0.1) is 0 Å². The molecule has 0 amide bonds. The van der Waals surface area contributed by atoms with Crippen molar-refractivity contribution in [2.24, 2.45) is 5.73 Å². The maximum Gasteiger partial charge on any atom is 0.144 e. The second-order valence-electron chi connectivity index (χ2n) is 2.35. The number of hydrogen-bond acceptors (Lipinski definition) is 3. The maximum atomic E-state index is 5.36. The van der Waals surface area contributed by atoms with Crippen molar-refractivity contribution in [1.29, 1.82) is 0 Å². The number of likely N-dealkylation sites (N-methyl/N-ethyl adjacent to an activating group) is 1. The largest absolute Gasteiger partial charge is 0.354 e.